The number of benzene rings is 1. The molecule has 8 heteroatoms. The van der Waals surface area contributed by atoms with Crippen molar-refractivity contribution in [2.75, 3.05) is 11.6 Å². The zero-order valence-corrected chi connectivity index (χ0v) is 14.3. The van der Waals surface area contributed by atoms with Crippen molar-refractivity contribution >= 4 is 21.4 Å². The van der Waals surface area contributed by atoms with E-state index in [9.17, 15) is 13.2 Å². The number of carbonyl (C=O) groups is 1. The van der Waals surface area contributed by atoms with Gasteiger partial charge in [0.1, 0.15) is 0 Å². The molecule has 128 valence electrons. The molecule has 3 rings (SSSR count). The number of nitrogens with one attached hydrogen (secondary N) is 1. The number of aromatic nitrogens is 3. The quantitative estimate of drug-likeness (QED) is 0.755. The van der Waals surface area contributed by atoms with Crippen molar-refractivity contribution in [1.29, 1.82) is 0 Å². The number of hydrogen-bond acceptors (Lipinski definition) is 5. The molecular weight excluding hydrogens is 340 g/mol. The molecule has 0 aliphatic carbocycles. The fraction of sp³-hybridized carbons (Fsp3) is 0.118. The van der Waals surface area contributed by atoms with E-state index >= 15 is 0 Å². The highest BCUT2D eigenvalue weighted by Gasteiger charge is 2.12. The summed E-state index contributed by atoms with van der Waals surface area (Å²) >= 11 is 0. The smallest absolute Gasteiger partial charge is 0.255 e. The second kappa shape index (κ2) is 6.86. The van der Waals surface area contributed by atoms with Crippen molar-refractivity contribution in [1.82, 2.24) is 14.8 Å². The minimum Gasteiger partial charge on any atom is -0.319 e. The SMILES string of the molecule is CS(=O)(=O)Cc1ccc(C(=O)Nc2cccnc2-n2cccn2)cc1. The van der Waals surface area contributed by atoms with Gasteiger partial charge < -0.3 is 5.32 Å². The molecule has 0 saturated heterocycles. The average molecular weight is 356 g/mol. The van der Waals surface area contributed by atoms with Gasteiger partial charge in [-0.3, -0.25) is 4.79 Å². The van der Waals surface area contributed by atoms with Gasteiger partial charge in [-0.25, -0.2) is 18.1 Å². The van der Waals surface area contributed by atoms with Crippen LogP contribution in [-0.2, 0) is 15.6 Å². The third kappa shape index (κ3) is 4.30. The number of amides is 1. The van der Waals surface area contributed by atoms with E-state index in [0.29, 0.717) is 22.6 Å². The predicted molar refractivity (Wildman–Crippen MR) is 94.3 cm³/mol. The molecule has 0 aliphatic rings. The summed E-state index contributed by atoms with van der Waals surface area (Å²) in [6.07, 6.45) is 6.15. The summed E-state index contributed by atoms with van der Waals surface area (Å²) in [5.41, 5.74) is 1.58. The lowest BCUT2D eigenvalue weighted by molar-refractivity contribution is 0.102. The van der Waals surface area contributed by atoms with Crippen LogP contribution in [0, 0.1) is 0 Å². The molecule has 3 aromatic rings. The van der Waals surface area contributed by atoms with Crippen molar-refractivity contribution in [3.05, 3.63) is 72.2 Å². The summed E-state index contributed by atoms with van der Waals surface area (Å²) in [4.78, 5) is 16.7. The van der Waals surface area contributed by atoms with Crippen molar-refractivity contribution < 1.29 is 13.2 Å². The fourth-order valence-electron chi connectivity index (χ4n) is 2.32. The number of sulfone groups is 1. The highest BCUT2D eigenvalue weighted by atomic mass is 32.2. The first-order valence-corrected chi connectivity index (χ1v) is 9.51. The van der Waals surface area contributed by atoms with Gasteiger partial charge in [-0.2, -0.15) is 5.10 Å². The Kier molecular flexibility index (Phi) is 4.62. The van der Waals surface area contributed by atoms with Crippen molar-refractivity contribution in [3.63, 3.8) is 0 Å². The molecule has 2 aromatic heterocycles. The highest BCUT2D eigenvalue weighted by molar-refractivity contribution is 7.89. The zero-order chi connectivity index (χ0) is 17.9. The second-order valence-corrected chi connectivity index (χ2v) is 7.69. The number of carbonyl (C=O) groups excluding carboxylic acids is 1. The monoisotopic (exact) mass is 356 g/mol. The minimum atomic E-state index is -3.11. The van der Waals surface area contributed by atoms with Crippen LogP contribution >= 0.6 is 0 Å². The standard InChI is InChI=1S/C17H16N4O3S/c1-25(23,24)12-13-5-7-14(8-6-13)17(22)20-15-4-2-9-18-16(15)21-11-3-10-19-21/h2-11H,12H2,1H3,(H,20,22). The molecule has 1 aromatic carbocycles. The minimum absolute atomic E-state index is 0.0546. The van der Waals surface area contributed by atoms with Crippen molar-refractivity contribution in [2.24, 2.45) is 0 Å². The normalized spacial score (nSPS) is 11.2. The molecule has 25 heavy (non-hydrogen) atoms. The molecule has 0 spiro atoms. The number of nitrogens with zero attached hydrogens (tertiary/aromatic N) is 3. The fourth-order valence-corrected chi connectivity index (χ4v) is 3.12. The summed E-state index contributed by atoms with van der Waals surface area (Å²) in [5, 5.41) is 6.92. The summed E-state index contributed by atoms with van der Waals surface area (Å²) in [6.45, 7) is 0. The Morgan fingerprint density at radius 2 is 1.88 bits per heavy atom. The zero-order valence-electron chi connectivity index (χ0n) is 13.5. The van der Waals surface area contributed by atoms with E-state index in [0.717, 1.165) is 0 Å². The lowest BCUT2D eigenvalue weighted by atomic mass is 10.1. The Labute approximate surface area is 145 Å². The van der Waals surface area contributed by atoms with Crippen LogP contribution in [0.4, 0.5) is 5.69 Å². The third-order valence-corrected chi connectivity index (χ3v) is 4.26. The van der Waals surface area contributed by atoms with Gasteiger partial charge in [0.05, 0.1) is 11.4 Å². The predicted octanol–water partition coefficient (Wildman–Crippen LogP) is 2.06. The Balaban J connectivity index is 1.79. The van der Waals surface area contributed by atoms with Gasteiger partial charge in [-0.1, -0.05) is 12.1 Å². The van der Waals surface area contributed by atoms with Crippen LogP contribution in [0.2, 0.25) is 0 Å². The van der Waals surface area contributed by atoms with Crippen LogP contribution in [0.1, 0.15) is 15.9 Å². The van der Waals surface area contributed by atoms with E-state index in [1.807, 2.05) is 0 Å². The van der Waals surface area contributed by atoms with Gasteiger partial charge in [-0.05, 0) is 35.9 Å². The molecule has 0 bridgehead atoms. The maximum atomic E-state index is 12.4. The topological polar surface area (TPSA) is 94.0 Å². The molecule has 2 heterocycles. The lowest BCUT2D eigenvalue weighted by Crippen LogP contribution is -2.15. The Hall–Kier alpha value is -3.00. The molecule has 0 saturated carbocycles. The molecular formula is C17H16N4O3S. The van der Waals surface area contributed by atoms with E-state index < -0.39 is 9.84 Å². The van der Waals surface area contributed by atoms with Crippen LogP contribution in [0.3, 0.4) is 0 Å². The second-order valence-electron chi connectivity index (χ2n) is 5.55. The van der Waals surface area contributed by atoms with Crippen molar-refractivity contribution in [3.8, 4) is 5.82 Å². The van der Waals surface area contributed by atoms with Gasteiger partial charge >= 0.3 is 0 Å². The maximum absolute atomic E-state index is 12.4. The molecule has 0 aliphatic heterocycles. The van der Waals surface area contributed by atoms with Gasteiger partial charge in [-0.15, -0.1) is 0 Å². The third-order valence-electron chi connectivity index (χ3n) is 3.40. The van der Waals surface area contributed by atoms with Gasteiger partial charge in [0.15, 0.2) is 15.7 Å². The number of anilines is 1. The summed E-state index contributed by atoms with van der Waals surface area (Å²) in [5.74, 6) is 0.142. The number of hydrogen-bond donors (Lipinski definition) is 1. The van der Waals surface area contributed by atoms with Gasteiger partial charge in [0.2, 0.25) is 0 Å². The van der Waals surface area contributed by atoms with Gasteiger partial charge in [0, 0.05) is 30.4 Å². The molecule has 0 radical (unpaired) electrons. The Morgan fingerprint density at radius 3 is 2.52 bits per heavy atom. The van der Waals surface area contributed by atoms with Crippen LogP contribution < -0.4 is 5.32 Å². The number of rotatable bonds is 5. The molecule has 7 nitrogen and oxygen atoms in total. The van der Waals surface area contributed by atoms with Crippen LogP contribution in [0.15, 0.2) is 61.1 Å². The first kappa shape index (κ1) is 16.8. The van der Waals surface area contributed by atoms with Crippen molar-refractivity contribution in [2.45, 2.75) is 5.75 Å². The highest BCUT2D eigenvalue weighted by Crippen LogP contribution is 2.17. The van der Waals surface area contributed by atoms with E-state index in [1.165, 1.54) is 6.26 Å². The van der Waals surface area contributed by atoms with E-state index in [2.05, 4.69) is 15.4 Å². The van der Waals surface area contributed by atoms with Crippen LogP contribution in [-0.4, -0.2) is 35.3 Å². The van der Waals surface area contributed by atoms with Crippen LogP contribution in [0.5, 0.6) is 0 Å². The van der Waals surface area contributed by atoms with Gasteiger partial charge in [0.25, 0.3) is 5.91 Å². The first-order chi connectivity index (χ1) is 11.9. The average Bonchev–Trinajstić information content (AvgIpc) is 3.09. The first-order valence-electron chi connectivity index (χ1n) is 7.45. The largest absolute Gasteiger partial charge is 0.319 e. The van der Waals surface area contributed by atoms with E-state index in [4.69, 9.17) is 0 Å². The van der Waals surface area contributed by atoms with Crippen LogP contribution in [0.25, 0.3) is 5.82 Å². The molecule has 0 fully saturated rings. The Bertz CT molecular complexity index is 981. The molecule has 1 N–H and O–H groups in total. The Morgan fingerprint density at radius 1 is 1.12 bits per heavy atom. The van der Waals surface area contributed by atoms with E-state index in [-0.39, 0.29) is 11.7 Å². The molecule has 1 amide bonds. The summed E-state index contributed by atoms with van der Waals surface area (Å²) < 4.78 is 24.2. The number of pyridine rings is 1. The molecule has 0 unspecified atom stereocenters. The van der Waals surface area contributed by atoms with E-state index in [1.54, 1.807) is 65.7 Å². The summed E-state index contributed by atoms with van der Waals surface area (Å²) in [7, 11) is -3.11. The summed E-state index contributed by atoms with van der Waals surface area (Å²) in [6, 6.07) is 11.7. The molecule has 0 atom stereocenters. The maximum Gasteiger partial charge on any atom is 0.255 e. The lowest BCUT2D eigenvalue weighted by Gasteiger charge is -2.10.